The van der Waals surface area contributed by atoms with Crippen LogP contribution in [0.25, 0.3) is 11.0 Å². The molecule has 0 saturated heterocycles. The van der Waals surface area contributed by atoms with Crippen LogP contribution in [0.15, 0.2) is 106 Å². The van der Waals surface area contributed by atoms with Crippen LogP contribution >= 0.6 is 11.6 Å². The number of carbonyl (C=O) groups excluding carboxylic acids is 1. The van der Waals surface area contributed by atoms with Crippen molar-refractivity contribution in [2.45, 2.75) is 18.8 Å². The summed E-state index contributed by atoms with van der Waals surface area (Å²) in [5.41, 5.74) is 0.0929. The Balaban J connectivity index is 1.51. The minimum absolute atomic E-state index is 0.0115. The monoisotopic (exact) mass is 561 g/mol. The van der Waals surface area contributed by atoms with Gasteiger partial charge >= 0.3 is 6.18 Å². The number of alkyl halides is 3. The van der Waals surface area contributed by atoms with Crippen LogP contribution in [-0.4, -0.2) is 5.91 Å². The van der Waals surface area contributed by atoms with Crippen LogP contribution in [0, 0.1) is 0 Å². The summed E-state index contributed by atoms with van der Waals surface area (Å²) in [6, 6.07) is 24.0. The SMILES string of the molecule is O=C1c2oc3ccc(Cl)cc3c(=O)c2C(c2cccc(OCc3ccccc3)c2)N1c1cccc(C(F)(F)F)c1. The molecule has 0 N–H and O–H groups in total. The van der Waals surface area contributed by atoms with Crippen LogP contribution in [0.4, 0.5) is 18.9 Å². The summed E-state index contributed by atoms with van der Waals surface area (Å²) < 4.78 is 52.7. The second kappa shape index (κ2) is 9.88. The molecule has 9 heteroatoms. The molecule has 2 heterocycles. The number of hydrogen-bond acceptors (Lipinski definition) is 4. The highest BCUT2D eigenvalue weighted by Gasteiger charge is 2.44. The summed E-state index contributed by atoms with van der Waals surface area (Å²) in [7, 11) is 0. The molecule has 0 radical (unpaired) electrons. The van der Waals surface area contributed by atoms with Gasteiger partial charge in [-0.05, 0) is 59.7 Å². The largest absolute Gasteiger partial charge is 0.489 e. The van der Waals surface area contributed by atoms with Gasteiger partial charge in [0.1, 0.15) is 17.9 Å². The lowest BCUT2D eigenvalue weighted by molar-refractivity contribution is -0.137. The zero-order valence-electron chi connectivity index (χ0n) is 20.6. The fraction of sp³-hybridized carbons (Fsp3) is 0.0968. The van der Waals surface area contributed by atoms with Crippen molar-refractivity contribution >= 4 is 34.2 Å². The van der Waals surface area contributed by atoms with Crippen molar-refractivity contribution in [3.63, 3.8) is 0 Å². The maximum absolute atomic E-state index is 13.8. The third kappa shape index (κ3) is 4.60. The second-order valence-electron chi connectivity index (χ2n) is 9.29. The number of nitrogens with zero attached hydrogens (tertiary/aromatic N) is 1. The van der Waals surface area contributed by atoms with Crippen LogP contribution in [-0.2, 0) is 12.8 Å². The van der Waals surface area contributed by atoms with Crippen molar-refractivity contribution < 1.29 is 27.1 Å². The highest BCUT2D eigenvalue weighted by molar-refractivity contribution is 6.31. The number of carbonyl (C=O) groups is 1. The van der Waals surface area contributed by atoms with Crippen LogP contribution in [0.1, 0.15) is 38.9 Å². The fourth-order valence-corrected chi connectivity index (χ4v) is 5.05. The fourth-order valence-electron chi connectivity index (χ4n) is 4.87. The van der Waals surface area contributed by atoms with E-state index in [4.69, 9.17) is 20.8 Å². The highest BCUT2D eigenvalue weighted by atomic mass is 35.5. The average Bonchev–Trinajstić information content (AvgIpc) is 3.25. The van der Waals surface area contributed by atoms with E-state index < -0.39 is 29.1 Å². The van der Waals surface area contributed by atoms with Gasteiger partial charge in [0.2, 0.25) is 5.76 Å². The first kappa shape index (κ1) is 25.7. The summed E-state index contributed by atoms with van der Waals surface area (Å²) in [4.78, 5) is 28.7. The number of rotatable bonds is 5. The molecule has 0 fully saturated rings. The number of hydrogen-bond donors (Lipinski definition) is 0. The Hall–Kier alpha value is -4.56. The van der Waals surface area contributed by atoms with Crippen molar-refractivity contribution in [1.29, 1.82) is 0 Å². The molecule has 0 spiro atoms. The number of halogens is 4. The molecule has 1 aromatic heterocycles. The topological polar surface area (TPSA) is 59.8 Å². The zero-order valence-corrected chi connectivity index (χ0v) is 21.4. The number of benzene rings is 4. The van der Waals surface area contributed by atoms with Gasteiger partial charge in [0.15, 0.2) is 5.43 Å². The number of anilines is 1. The van der Waals surface area contributed by atoms with E-state index in [2.05, 4.69) is 0 Å². The van der Waals surface area contributed by atoms with Crippen LogP contribution in [0.3, 0.4) is 0 Å². The van der Waals surface area contributed by atoms with E-state index in [1.807, 2.05) is 30.3 Å². The quantitative estimate of drug-likeness (QED) is 0.220. The van der Waals surface area contributed by atoms with Gasteiger partial charge in [-0.25, -0.2) is 0 Å². The predicted molar refractivity (Wildman–Crippen MR) is 145 cm³/mol. The predicted octanol–water partition coefficient (Wildman–Crippen LogP) is 7.79. The van der Waals surface area contributed by atoms with Gasteiger partial charge in [-0.2, -0.15) is 13.2 Å². The molecular weight excluding hydrogens is 543 g/mol. The summed E-state index contributed by atoms with van der Waals surface area (Å²) in [5, 5.41) is 0.457. The first-order valence-electron chi connectivity index (χ1n) is 12.2. The third-order valence-electron chi connectivity index (χ3n) is 6.71. The lowest BCUT2D eigenvalue weighted by atomic mass is 9.98. The normalized spacial score (nSPS) is 14.9. The molecule has 1 aliphatic heterocycles. The van der Waals surface area contributed by atoms with Gasteiger partial charge < -0.3 is 9.15 Å². The molecule has 1 aliphatic rings. The molecular formula is C31H19ClF3NO4. The molecule has 1 atom stereocenters. The smallest absolute Gasteiger partial charge is 0.416 e. The van der Waals surface area contributed by atoms with E-state index in [1.165, 1.54) is 30.3 Å². The van der Waals surface area contributed by atoms with Gasteiger partial charge in [-0.3, -0.25) is 14.5 Å². The van der Waals surface area contributed by atoms with Crippen molar-refractivity contribution in [1.82, 2.24) is 0 Å². The minimum atomic E-state index is -4.63. The molecule has 5 nitrogen and oxygen atoms in total. The van der Waals surface area contributed by atoms with Crippen LogP contribution in [0.2, 0.25) is 5.02 Å². The molecule has 0 bridgehead atoms. The van der Waals surface area contributed by atoms with E-state index in [0.717, 1.165) is 22.6 Å². The zero-order chi connectivity index (χ0) is 28.0. The number of ether oxygens (including phenoxy) is 1. The molecule has 6 rings (SSSR count). The van der Waals surface area contributed by atoms with Crippen LogP contribution in [0.5, 0.6) is 5.75 Å². The first-order valence-corrected chi connectivity index (χ1v) is 12.6. The van der Waals surface area contributed by atoms with E-state index >= 15 is 0 Å². The Kier molecular flexibility index (Phi) is 6.35. The molecule has 40 heavy (non-hydrogen) atoms. The Morgan fingerprint density at radius 1 is 0.875 bits per heavy atom. The van der Waals surface area contributed by atoms with E-state index in [1.54, 1.807) is 24.3 Å². The van der Waals surface area contributed by atoms with Crippen molar-refractivity contribution in [2.75, 3.05) is 4.90 Å². The van der Waals surface area contributed by atoms with Gasteiger partial charge in [-0.15, -0.1) is 0 Å². The Labute approximate surface area is 231 Å². The summed E-state index contributed by atoms with van der Waals surface area (Å²) in [5.74, 6) is -0.513. The number of fused-ring (bicyclic) bond motifs is 2. The van der Waals surface area contributed by atoms with Gasteiger partial charge in [0, 0.05) is 10.7 Å². The summed E-state index contributed by atoms with van der Waals surface area (Å²) in [6.07, 6.45) is -4.63. The molecule has 200 valence electrons. The Bertz CT molecular complexity index is 1820. The third-order valence-corrected chi connectivity index (χ3v) is 6.94. The summed E-state index contributed by atoms with van der Waals surface area (Å²) in [6.45, 7) is 0.271. The molecule has 1 amide bonds. The van der Waals surface area contributed by atoms with Crippen LogP contribution < -0.4 is 15.1 Å². The number of amides is 1. The van der Waals surface area contributed by atoms with Crippen molar-refractivity contribution in [3.8, 4) is 5.75 Å². The average molecular weight is 562 g/mol. The maximum atomic E-state index is 13.8. The highest BCUT2D eigenvalue weighted by Crippen LogP contribution is 2.43. The first-order chi connectivity index (χ1) is 19.2. The lowest BCUT2D eigenvalue weighted by Crippen LogP contribution is -2.29. The lowest BCUT2D eigenvalue weighted by Gasteiger charge is -2.26. The van der Waals surface area contributed by atoms with E-state index in [0.29, 0.717) is 16.3 Å². The Morgan fingerprint density at radius 2 is 1.65 bits per heavy atom. The second-order valence-corrected chi connectivity index (χ2v) is 9.72. The van der Waals surface area contributed by atoms with Gasteiger partial charge in [-0.1, -0.05) is 60.1 Å². The van der Waals surface area contributed by atoms with E-state index in [-0.39, 0.29) is 34.6 Å². The molecule has 5 aromatic rings. The van der Waals surface area contributed by atoms with Crippen molar-refractivity contribution in [3.05, 3.63) is 140 Å². The van der Waals surface area contributed by atoms with E-state index in [9.17, 15) is 22.8 Å². The molecule has 4 aromatic carbocycles. The molecule has 0 saturated carbocycles. The van der Waals surface area contributed by atoms with Crippen molar-refractivity contribution in [2.24, 2.45) is 0 Å². The molecule has 1 unspecified atom stereocenters. The molecule has 0 aliphatic carbocycles. The summed E-state index contributed by atoms with van der Waals surface area (Å²) >= 11 is 6.13. The standard InChI is InChI=1S/C31H19ClF3NO4/c32-21-12-13-25-24(16-21)28(37)26-27(19-8-4-11-23(14-19)39-17-18-6-2-1-3-7-18)36(30(38)29(26)40-25)22-10-5-9-20(15-22)31(33,34)35/h1-16,27H,17H2. The van der Waals surface area contributed by atoms with Gasteiger partial charge in [0.25, 0.3) is 5.91 Å². The minimum Gasteiger partial charge on any atom is -0.489 e. The van der Waals surface area contributed by atoms with Gasteiger partial charge in [0.05, 0.1) is 22.6 Å². The maximum Gasteiger partial charge on any atom is 0.416 e. The Morgan fingerprint density at radius 3 is 2.42 bits per heavy atom.